The van der Waals surface area contributed by atoms with Gasteiger partial charge in [-0.2, -0.15) is 12.6 Å². The standard InChI is InChI=1S/C14H17NO7S2.C6H15N/c16-13(3-1-5-23)10-7-11(9-12(8-10)15(18)19)14(17)4-2-6-24(20,21)22;1-4-7(5-2)6-3/h7-9,23H,1-6H2,(H,20,21,22);4-6H2,1-3H3. The number of nitrogens with zero attached hydrogens (tertiary/aromatic N) is 1. The number of thiol groups is 1. The molecule has 0 spiro atoms. The molecule has 0 radical (unpaired) electrons. The van der Waals surface area contributed by atoms with Crippen molar-refractivity contribution in [3.8, 4) is 0 Å². The fraction of sp³-hybridized carbons (Fsp3) is 0.600. The molecule has 0 saturated heterocycles. The van der Waals surface area contributed by atoms with Crippen LogP contribution in [0, 0.1) is 10.1 Å². The average molecular weight is 477 g/mol. The number of Topliss-reactive ketones (excluding diaryl/α,β-unsaturated/α-hetero) is 2. The second-order valence-corrected chi connectivity index (χ2v) is 8.85. The summed E-state index contributed by atoms with van der Waals surface area (Å²) < 4.78 is 31.6. The van der Waals surface area contributed by atoms with E-state index in [9.17, 15) is 32.7 Å². The summed E-state index contributed by atoms with van der Waals surface area (Å²) in [6, 6.07) is 3.38. The predicted octanol–water partition coefficient (Wildman–Crippen LogP) is 1.93. The first-order valence-electron chi connectivity index (χ1n) is 10.2. The highest BCUT2D eigenvalue weighted by Gasteiger charge is 2.18. The van der Waals surface area contributed by atoms with E-state index in [1.807, 2.05) is 0 Å². The van der Waals surface area contributed by atoms with E-state index >= 15 is 0 Å². The molecule has 31 heavy (non-hydrogen) atoms. The molecule has 1 rings (SSSR count). The van der Waals surface area contributed by atoms with Crippen LogP contribution in [0.1, 0.15) is 67.2 Å². The van der Waals surface area contributed by atoms with Crippen molar-refractivity contribution in [3.05, 3.63) is 39.4 Å². The Morgan fingerprint density at radius 3 is 1.74 bits per heavy atom. The van der Waals surface area contributed by atoms with Gasteiger partial charge in [-0.05, 0) is 45.4 Å². The smallest absolute Gasteiger partial charge is 0.270 e. The number of hydrogen-bond acceptors (Lipinski definition) is 8. The molecule has 0 aliphatic rings. The van der Waals surface area contributed by atoms with Crippen LogP contribution in [0.15, 0.2) is 18.2 Å². The number of hydrogen-bond donors (Lipinski definition) is 2. The minimum atomic E-state index is -4.43. The Kier molecular flexibility index (Phi) is 14.2. The van der Waals surface area contributed by atoms with Crippen LogP contribution in [0.2, 0.25) is 0 Å². The molecular weight excluding hydrogens is 444 g/mol. The molecule has 9 nitrogen and oxygen atoms in total. The summed E-state index contributed by atoms with van der Waals surface area (Å²) >= 11 is 3.99. The van der Waals surface area contributed by atoms with Gasteiger partial charge in [-0.25, -0.2) is 8.42 Å². The number of non-ortho nitro benzene ring substituents is 1. The summed E-state index contributed by atoms with van der Waals surface area (Å²) in [5.74, 6) is -1.12. The Hall–Kier alpha value is -1.82. The molecule has 1 aromatic rings. The van der Waals surface area contributed by atoms with Crippen molar-refractivity contribution in [1.29, 1.82) is 0 Å². The van der Waals surface area contributed by atoms with Crippen LogP contribution in [0.4, 0.5) is 5.69 Å². The first kappa shape index (κ1) is 29.2. The third kappa shape index (κ3) is 12.6. The number of benzene rings is 1. The van der Waals surface area contributed by atoms with E-state index < -0.39 is 32.3 Å². The van der Waals surface area contributed by atoms with Gasteiger partial charge in [0.1, 0.15) is 0 Å². The molecule has 11 heteroatoms. The topological polar surface area (TPSA) is 139 Å². The number of nitrogens with one attached hydrogen (secondary N) is 1. The maximum atomic E-state index is 12.1. The van der Waals surface area contributed by atoms with Gasteiger partial charge < -0.3 is 9.45 Å². The van der Waals surface area contributed by atoms with Gasteiger partial charge in [0, 0.05) is 41.9 Å². The van der Waals surface area contributed by atoms with Gasteiger partial charge in [-0.3, -0.25) is 19.7 Å². The van der Waals surface area contributed by atoms with Crippen molar-refractivity contribution >= 4 is 40.0 Å². The number of nitro benzene ring substituents is 1. The molecule has 0 aliphatic heterocycles. The summed E-state index contributed by atoms with van der Waals surface area (Å²) in [6.07, 6.45) is 0.200. The van der Waals surface area contributed by atoms with Gasteiger partial charge in [0.05, 0.1) is 34.7 Å². The second-order valence-electron chi connectivity index (χ2n) is 6.88. The van der Waals surface area contributed by atoms with Crippen LogP contribution >= 0.6 is 12.6 Å². The number of carbonyl (C=O) groups is 2. The van der Waals surface area contributed by atoms with Crippen molar-refractivity contribution in [3.63, 3.8) is 0 Å². The minimum absolute atomic E-state index is 0.0470. The first-order chi connectivity index (χ1) is 14.5. The van der Waals surface area contributed by atoms with Crippen LogP contribution in [0.3, 0.4) is 0 Å². The van der Waals surface area contributed by atoms with E-state index in [1.54, 1.807) is 4.90 Å². The molecule has 0 aliphatic carbocycles. The van der Waals surface area contributed by atoms with E-state index in [-0.39, 0.29) is 36.2 Å². The molecule has 0 atom stereocenters. The van der Waals surface area contributed by atoms with E-state index in [0.717, 1.165) is 12.1 Å². The Labute approximate surface area is 189 Å². The maximum absolute atomic E-state index is 12.1. The van der Waals surface area contributed by atoms with Gasteiger partial charge in [-0.1, -0.05) is 0 Å². The lowest BCUT2D eigenvalue weighted by molar-refractivity contribution is -0.894. The average Bonchev–Trinajstić information content (AvgIpc) is 2.72. The summed E-state index contributed by atoms with van der Waals surface area (Å²) in [5.41, 5.74) is -0.404. The summed E-state index contributed by atoms with van der Waals surface area (Å²) in [5, 5.41) is 11.0. The summed E-state index contributed by atoms with van der Waals surface area (Å²) in [6.45, 7) is 10.5. The molecule has 0 amide bonds. The molecule has 0 unspecified atom stereocenters. The van der Waals surface area contributed by atoms with E-state index in [0.29, 0.717) is 12.2 Å². The number of rotatable bonds is 13. The molecule has 0 heterocycles. The molecule has 1 aromatic carbocycles. The molecule has 0 saturated carbocycles. The van der Waals surface area contributed by atoms with Crippen molar-refractivity contribution in [2.75, 3.05) is 31.1 Å². The molecule has 0 aromatic heterocycles. The third-order valence-electron chi connectivity index (χ3n) is 4.63. The van der Waals surface area contributed by atoms with Gasteiger partial charge >= 0.3 is 0 Å². The lowest BCUT2D eigenvalue weighted by atomic mass is 9.99. The fourth-order valence-corrected chi connectivity index (χ4v) is 3.38. The first-order valence-corrected chi connectivity index (χ1v) is 12.4. The lowest BCUT2D eigenvalue weighted by Gasteiger charge is -2.10. The molecule has 1 N–H and O–H groups in total. The highest BCUT2D eigenvalue weighted by Crippen LogP contribution is 2.20. The van der Waals surface area contributed by atoms with E-state index in [4.69, 9.17) is 0 Å². The third-order valence-corrected chi connectivity index (χ3v) is 5.74. The van der Waals surface area contributed by atoms with Crippen molar-refractivity contribution in [2.45, 2.75) is 46.5 Å². The maximum Gasteiger partial charge on any atom is 0.270 e. The zero-order chi connectivity index (χ0) is 24.0. The number of carbonyl (C=O) groups excluding carboxylic acids is 2. The SMILES string of the molecule is CC[NH+](CC)CC.O=C(CCCS)c1cc(C(=O)CCCS(=O)(=O)[O-])cc([N+](=O)[O-])c1. The van der Waals surface area contributed by atoms with Crippen molar-refractivity contribution in [2.24, 2.45) is 0 Å². The van der Waals surface area contributed by atoms with Crippen LogP contribution in [-0.2, 0) is 10.1 Å². The van der Waals surface area contributed by atoms with Crippen LogP contribution < -0.4 is 4.90 Å². The van der Waals surface area contributed by atoms with E-state index in [2.05, 4.69) is 33.4 Å². The van der Waals surface area contributed by atoms with Crippen LogP contribution in [-0.4, -0.2) is 60.6 Å². The van der Waals surface area contributed by atoms with Crippen molar-refractivity contribution < 1.29 is 32.4 Å². The largest absolute Gasteiger partial charge is 0.748 e. The highest BCUT2D eigenvalue weighted by molar-refractivity contribution is 7.85. The Morgan fingerprint density at radius 2 is 1.42 bits per heavy atom. The fourth-order valence-electron chi connectivity index (χ4n) is 2.73. The lowest BCUT2D eigenvalue weighted by Crippen LogP contribution is -3.11. The van der Waals surface area contributed by atoms with Gasteiger partial charge in [0.15, 0.2) is 11.6 Å². The minimum Gasteiger partial charge on any atom is -0.748 e. The van der Waals surface area contributed by atoms with Crippen LogP contribution in [0.25, 0.3) is 0 Å². The normalized spacial score (nSPS) is 11.0. The zero-order valence-electron chi connectivity index (χ0n) is 18.3. The molecular formula is C20H32N2O7S2. The molecule has 0 bridgehead atoms. The van der Waals surface area contributed by atoms with Crippen LogP contribution in [0.5, 0.6) is 0 Å². The summed E-state index contributed by atoms with van der Waals surface area (Å²) in [7, 11) is -4.43. The zero-order valence-corrected chi connectivity index (χ0v) is 20.0. The number of ketones is 2. The Morgan fingerprint density at radius 1 is 0.968 bits per heavy atom. The Bertz CT molecular complexity index is 832. The monoisotopic (exact) mass is 476 g/mol. The van der Waals surface area contributed by atoms with Crippen molar-refractivity contribution in [1.82, 2.24) is 0 Å². The Balaban J connectivity index is 0.00000110. The van der Waals surface area contributed by atoms with Gasteiger partial charge in [-0.15, -0.1) is 0 Å². The predicted molar refractivity (Wildman–Crippen MR) is 121 cm³/mol. The number of quaternary nitrogens is 1. The highest BCUT2D eigenvalue weighted by atomic mass is 32.2. The van der Waals surface area contributed by atoms with E-state index in [1.165, 1.54) is 25.7 Å². The molecule has 0 fully saturated rings. The number of nitro groups is 1. The van der Waals surface area contributed by atoms with Gasteiger partial charge in [0.25, 0.3) is 5.69 Å². The molecule has 176 valence electrons. The summed E-state index contributed by atoms with van der Waals surface area (Å²) in [4.78, 5) is 36.0. The van der Waals surface area contributed by atoms with Gasteiger partial charge in [0.2, 0.25) is 0 Å². The quantitative estimate of drug-likeness (QED) is 0.146. The second kappa shape index (κ2) is 15.1.